The average molecular weight is 298 g/mol. The van der Waals surface area contributed by atoms with Gasteiger partial charge in [0.15, 0.2) is 5.82 Å². The normalized spacial score (nSPS) is 10.5. The average Bonchev–Trinajstić information content (AvgIpc) is 2.68. The first-order chi connectivity index (χ1) is 7.63. The van der Waals surface area contributed by atoms with E-state index in [-0.39, 0.29) is 0 Å². The van der Waals surface area contributed by atoms with Crippen LogP contribution in [0.25, 0.3) is 10.6 Å². The highest BCUT2D eigenvalue weighted by molar-refractivity contribution is 9.10. The summed E-state index contributed by atoms with van der Waals surface area (Å²) in [4.78, 5) is 10.2. The second-order valence-electron chi connectivity index (χ2n) is 3.44. The number of thiophene rings is 1. The third-order valence-electron chi connectivity index (χ3n) is 2.38. The Balaban J connectivity index is 2.64. The van der Waals surface area contributed by atoms with Crippen molar-refractivity contribution in [2.45, 2.75) is 13.8 Å². The fourth-order valence-electron chi connectivity index (χ4n) is 1.40. The molecule has 0 unspecified atom stereocenters. The van der Waals surface area contributed by atoms with Crippen molar-refractivity contribution < 1.29 is 0 Å². The molecule has 0 saturated carbocycles. The van der Waals surface area contributed by atoms with E-state index in [1.165, 1.54) is 0 Å². The molecule has 0 fully saturated rings. The Kier molecular flexibility index (Phi) is 3.25. The van der Waals surface area contributed by atoms with Gasteiger partial charge in [-0.2, -0.15) is 0 Å². The highest BCUT2D eigenvalue weighted by Gasteiger charge is 2.13. The molecule has 2 aromatic rings. The van der Waals surface area contributed by atoms with Crippen molar-refractivity contribution in [3.05, 3.63) is 27.3 Å². The maximum absolute atomic E-state index is 4.60. The van der Waals surface area contributed by atoms with Crippen molar-refractivity contribution in [1.29, 1.82) is 0 Å². The summed E-state index contributed by atoms with van der Waals surface area (Å²) in [7, 11) is 1.86. The molecular formula is C11H12BrN3S. The lowest BCUT2D eigenvalue weighted by Gasteiger charge is -2.09. The Morgan fingerprint density at radius 2 is 1.94 bits per heavy atom. The first-order valence-electron chi connectivity index (χ1n) is 4.90. The Labute approximate surface area is 107 Å². The molecule has 2 aromatic heterocycles. The predicted octanol–water partition coefficient (Wildman–Crippen LogP) is 3.63. The molecule has 0 aliphatic rings. The molecule has 0 bridgehead atoms. The van der Waals surface area contributed by atoms with E-state index in [0.717, 1.165) is 32.2 Å². The van der Waals surface area contributed by atoms with Crippen molar-refractivity contribution >= 4 is 33.1 Å². The van der Waals surface area contributed by atoms with Crippen LogP contribution in [0.2, 0.25) is 0 Å². The van der Waals surface area contributed by atoms with Gasteiger partial charge >= 0.3 is 0 Å². The van der Waals surface area contributed by atoms with Crippen LogP contribution in [-0.4, -0.2) is 17.0 Å². The zero-order chi connectivity index (χ0) is 11.7. The van der Waals surface area contributed by atoms with Gasteiger partial charge in [0, 0.05) is 11.5 Å². The lowest BCUT2D eigenvalue weighted by Crippen LogP contribution is -2.02. The van der Waals surface area contributed by atoms with E-state index < -0.39 is 0 Å². The molecule has 0 saturated heterocycles. The van der Waals surface area contributed by atoms with Gasteiger partial charge in [-0.15, -0.1) is 11.3 Å². The predicted molar refractivity (Wildman–Crippen MR) is 72.1 cm³/mol. The van der Waals surface area contributed by atoms with E-state index in [0.29, 0.717) is 0 Å². The number of hydrogen-bond acceptors (Lipinski definition) is 4. The summed E-state index contributed by atoms with van der Waals surface area (Å²) in [5, 5.41) is 5.13. The van der Waals surface area contributed by atoms with Gasteiger partial charge < -0.3 is 5.32 Å². The first-order valence-corrected chi connectivity index (χ1v) is 6.57. The maximum Gasteiger partial charge on any atom is 0.153 e. The largest absolute Gasteiger partial charge is 0.371 e. The highest BCUT2D eigenvalue weighted by Crippen LogP contribution is 2.35. The fourth-order valence-corrected chi connectivity index (χ4v) is 2.95. The van der Waals surface area contributed by atoms with Gasteiger partial charge in [-0.1, -0.05) is 0 Å². The molecule has 0 atom stereocenters. The molecule has 5 heteroatoms. The van der Waals surface area contributed by atoms with E-state index in [1.807, 2.05) is 32.3 Å². The molecule has 0 radical (unpaired) electrons. The molecule has 3 nitrogen and oxygen atoms in total. The number of nitrogens with zero attached hydrogens (tertiary/aromatic N) is 2. The second kappa shape index (κ2) is 4.51. The van der Waals surface area contributed by atoms with Crippen LogP contribution in [0.15, 0.2) is 15.9 Å². The summed E-state index contributed by atoms with van der Waals surface area (Å²) in [5.41, 5.74) is 2.84. The van der Waals surface area contributed by atoms with Gasteiger partial charge in [0.25, 0.3) is 0 Å². The number of halogens is 1. The quantitative estimate of drug-likeness (QED) is 0.920. The Morgan fingerprint density at radius 1 is 1.25 bits per heavy atom. The molecule has 0 aromatic carbocycles. The Hall–Kier alpha value is -0.940. The SMILES string of the molecule is CNc1nc(C)c(C)nc1-c1sccc1Br. The van der Waals surface area contributed by atoms with E-state index in [9.17, 15) is 0 Å². The van der Waals surface area contributed by atoms with Gasteiger partial charge in [0.1, 0.15) is 5.69 Å². The van der Waals surface area contributed by atoms with Crippen molar-refractivity contribution in [2.75, 3.05) is 12.4 Å². The van der Waals surface area contributed by atoms with Gasteiger partial charge in [0.05, 0.1) is 16.3 Å². The first kappa shape index (κ1) is 11.5. The highest BCUT2D eigenvalue weighted by atomic mass is 79.9. The second-order valence-corrected chi connectivity index (χ2v) is 5.21. The number of hydrogen-bond donors (Lipinski definition) is 1. The Bertz CT molecular complexity index is 522. The van der Waals surface area contributed by atoms with E-state index in [1.54, 1.807) is 11.3 Å². The third-order valence-corrected chi connectivity index (χ3v) is 4.22. The zero-order valence-electron chi connectivity index (χ0n) is 9.34. The van der Waals surface area contributed by atoms with Crippen molar-refractivity contribution in [1.82, 2.24) is 9.97 Å². The van der Waals surface area contributed by atoms with E-state index in [4.69, 9.17) is 0 Å². The van der Waals surface area contributed by atoms with Crippen LogP contribution in [0, 0.1) is 13.8 Å². The van der Waals surface area contributed by atoms with Crippen LogP contribution < -0.4 is 5.32 Å². The number of aromatic nitrogens is 2. The van der Waals surface area contributed by atoms with Crippen LogP contribution in [-0.2, 0) is 0 Å². The molecule has 16 heavy (non-hydrogen) atoms. The summed E-state index contributed by atoms with van der Waals surface area (Å²) in [6.45, 7) is 3.95. The van der Waals surface area contributed by atoms with Crippen molar-refractivity contribution in [2.24, 2.45) is 0 Å². The summed E-state index contributed by atoms with van der Waals surface area (Å²) in [6, 6.07) is 2.02. The molecule has 84 valence electrons. The molecule has 2 heterocycles. The van der Waals surface area contributed by atoms with Crippen LogP contribution in [0.5, 0.6) is 0 Å². The van der Waals surface area contributed by atoms with Crippen molar-refractivity contribution in [3.63, 3.8) is 0 Å². The van der Waals surface area contributed by atoms with Crippen LogP contribution in [0.4, 0.5) is 5.82 Å². The molecule has 2 rings (SSSR count). The Morgan fingerprint density at radius 3 is 2.50 bits per heavy atom. The monoisotopic (exact) mass is 297 g/mol. The summed E-state index contributed by atoms with van der Waals surface area (Å²) >= 11 is 5.18. The molecule has 0 aliphatic heterocycles. The van der Waals surface area contributed by atoms with Crippen LogP contribution >= 0.6 is 27.3 Å². The lowest BCUT2D eigenvalue weighted by atomic mass is 10.3. The molecule has 0 amide bonds. The minimum Gasteiger partial charge on any atom is -0.371 e. The van der Waals surface area contributed by atoms with Gasteiger partial charge in [-0.05, 0) is 41.2 Å². The summed E-state index contributed by atoms with van der Waals surface area (Å²) in [5.74, 6) is 0.825. The summed E-state index contributed by atoms with van der Waals surface area (Å²) in [6.07, 6.45) is 0. The summed E-state index contributed by atoms with van der Waals surface area (Å²) < 4.78 is 1.06. The van der Waals surface area contributed by atoms with E-state index >= 15 is 0 Å². The fraction of sp³-hybridized carbons (Fsp3) is 0.273. The third kappa shape index (κ3) is 1.97. The smallest absolute Gasteiger partial charge is 0.153 e. The molecule has 0 aliphatic carbocycles. The minimum atomic E-state index is 0.825. The number of nitrogens with one attached hydrogen (secondary N) is 1. The van der Waals surface area contributed by atoms with E-state index in [2.05, 4.69) is 31.2 Å². The molecule has 0 spiro atoms. The molecular weight excluding hydrogens is 286 g/mol. The number of anilines is 1. The minimum absolute atomic E-state index is 0.825. The number of aryl methyl sites for hydroxylation is 2. The maximum atomic E-state index is 4.60. The van der Waals surface area contributed by atoms with Crippen LogP contribution in [0.3, 0.4) is 0 Å². The van der Waals surface area contributed by atoms with Gasteiger partial charge in [-0.3, -0.25) is 0 Å². The molecule has 1 N–H and O–H groups in total. The standard InChI is InChI=1S/C11H12BrN3S/c1-6-7(2)15-11(13-3)9(14-6)10-8(12)4-5-16-10/h4-5H,1-3H3,(H,13,15). The van der Waals surface area contributed by atoms with Crippen LogP contribution in [0.1, 0.15) is 11.4 Å². The number of rotatable bonds is 2. The zero-order valence-corrected chi connectivity index (χ0v) is 11.7. The lowest BCUT2D eigenvalue weighted by molar-refractivity contribution is 1.05. The van der Waals surface area contributed by atoms with Gasteiger partial charge in [-0.25, -0.2) is 9.97 Å². The van der Waals surface area contributed by atoms with Crippen molar-refractivity contribution in [3.8, 4) is 10.6 Å². The van der Waals surface area contributed by atoms with Gasteiger partial charge in [0.2, 0.25) is 0 Å². The topological polar surface area (TPSA) is 37.8 Å².